The van der Waals surface area contributed by atoms with Crippen LogP contribution in [0.15, 0.2) is 12.3 Å². The second-order valence-corrected chi connectivity index (χ2v) is 2.91. The van der Waals surface area contributed by atoms with Gasteiger partial charge in [-0.2, -0.15) is 12.6 Å². The molecule has 0 saturated carbocycles. The molecule has 1 heterocycles. The van der Waals surface area contributed by atoms with Gasteiger partial charge in [0.15, 0.2) is 0 Å². The third-order valence-electron chi connectivity index (χ3n) is 1.37. The maximum absolute atomic E-state index is 4.30. The zero-order chi connectivity index (χ0) is 5.98. The second-order valence-electron chi connectivity index (χ2n) is 2.18. The topological polar surface area (TPSA) is 12.0 Å². The molecule has 1 aliphatic rings. The number of allylic oxidation sites excluding steroid dienone is 1. The Morgan fingerprint density at radius 2 is 2.50 bits per heavy atom. The molecule has 1 rings (SSSR count). The summed E-state index contributed by atoms with van der Waals surface area (Å²) in [7, 11) is 0. The summed E-state index contributed by atoms with van der Waals surface area (Å²) in [6, 6.07) is 0. The van der Waals surface area contributed by atoms with Crippen molar-refractivity contribution in [1.82, 2.24) is 5.32 Å². The molecule has 1 saturated heterocycles. The van der Waals surface area contributed by atoms with E-state index in [0.29, 0.717) is 5.25 Å². The highest BCUT2D eigenvalue weighted by molar-refractivity contribution is 7.81. The van der Waals surface area contributed by atoms with E-state index >= 15 is 0 Å². The van der Waals surface area contributed by atoms with Crippen molar-refractivity contribution in [3.8, 4) is 0 Å². The van der Waals surface area contributed by atoms with Gasteiger partial charge in [0, 0.05) is 17.5 Å². The molecule has 0 aromatic heterocycles. The highest BCUT2D eigenvalue weighted by Crippen LogP contribution is 2.12. The maximum Gasteiger partial charge on any atom is 0.0260 e. The SMILES string of the molecule is C=C1CCC(S)CN1. The van der Waals surface area contributed by atoms with Crippen molar-refractivity contribution >= 4 is 12.6 Å². The maximum atomic E-state index is 4.30. The quantitative estimate of drug-likeness (QED) is 0.468. The minimum Gasteiger partial charge on any atom is -0.388 e. The molecule has 0 aromatic rings. The number of nitrogens with one attached hydrogen (secondary N) is 1. The zero-order valence-corrected chi connectivity index (χ0v) is 5.75. The molecule has 0 bridgehead atoms. The molecule has 1 fully saturated rings. The van der Waals surface area contributed by atoms with E-state index in [0.717, 1.165) is 18.7 Å². The lowest BCUT2D eigenvalue weighted by Gasteiger charge is -2.20. The van der Waals surface area contributed by atoms with E-state index in [9.17, 15) is 0 Å². The molecule has 1 aliphatic heterocycles. The third-order valence-corrected chi connectivity index (χ3v) is 1.81. The summed E-state index contributed by atoms with van der Waals surface area (Å²) >= 11 is 4.30. The number of hydrogen-bond donors (Lipinski definition) is 2. The first-order valence-corrected chi connectivity index (χ1v) is 3.40. The van der Waals surface area contributed by atoms with Crippen LogP contribution in [0.3, 0.4) is 0 Å². The van der Waals surface area contributed by atoms with Crippen LogP contribution in [0.25, 0.3) is 0 Å². The van der Waals surface area contributed by atoms with Crippen LogP contribution in [0.2, 0.25) is 0 Å². The fraction of sp³-hybridized carbons (Fsp3) is 0.667. The first kappa shape index (κ1) is 6.02. The monoisotopic (exact) mass is 129 g/mol. The number of rotatable bonds is 0. The van der Waals surface area contributed by atoms with Crippen LogP contribution in [0, 0.1) is 0 Å². The predicted octanol–water partition coefficient (Wildman–Crippen LogP) is 1.18. The van der Waals surface area contributed by atoms with Crippen LogP contribution in [-0.2, 0) is 0 Å². The molecule has 1 N–H and O–H groups in total. The molecule has 46 valence electrons. The summed E-state index contributed by atoms with van der Waals surface area (Å²) in [6.45, 7) is 4.79. The summed E-state index contributed by atoms with van der Waals surface area (Å²) < 4.78 is 0. The normalized spacial score (nSPS) is 29.6. The van der Waals surface area contributed by atoms with Gasteiger partial charge in [-0.25, -0.2) is 0 Å². The smallest absolute Gasteiger partial charge is 0.0260 e. The van der Waals surface area contributed by atoms with Crippen molar-refractivity contribution in [3.63, 3.8) is 0 Å². The van der Waals surface area contributed by atoms with Crippen LogP contribution in [0.1, 0.15) is 12.8 Å². The van der Waals surface area contributed by atoms with Gasteiger partial charge >= 0.3 is 0 Å². The van der Waals surface area contributed by atoms with Gasteiger partial charge in [-0.15, -0.1) is 0 Å². The summed E-state index contributed by atoms with van der Waals surface area (Å²) in [5.74, 6) is 0. The van der Waals surface area contributed by atoms with Crippen LogP contribution in [0.4, 0.5) is 0 Å². The van der Waals surface area contributed by atoms with Gasteiger partial charge in [-0.05, 0) is 12.8 Å². The Hall–Kier alpha value is -0.110. The zero-order valence-electron chi connectivity index (χ0n) is 4.85. The lowest BCUT2D eigenvalue weighted by molar-refractivity contribution is 0.606. The molecule has 1 nitrogen and oxygen atoms in total. The Labute approximate surface area is 55.6 Å². The fourth-order valence-corrected chi connectivity index (χ4v) is 1.01. The van der Waals surface area contributed by atoms with Crippen LogP contribution < -0.4 is 5.32 Å². The van der Waals surface area contributed by atoms with E-state index in [1.54, 1.807) is 0 Å². The summed E-state index contributed by atoms with van der Waals surface area (Å²) in [6.07, 6.45) is 2.27. The van der Waals surface area contributed by atoms with Gasteiger partial charge < -0.3 is 5.32 Å². The standard InChI is InChI=1S/C6H11NS/c1-5-2-3-6(8)4-7-5/h6-8H,1-4H2. The number of thiol groups is 1. The highest BCUT2D eigenvalue weighted by atomic mass is 32.1. The molecule has 0 spiro atoms. The molecular weight excluding hydrogens is 118 g/mol. The lowest BCUT2D eigenvalue weighted by Crippen LogP contribution is -2.27. The van der Waals surface area contributed by atoms with Crippen molar-refractivity contribution in [2.24, 2.45) is 0 Å². The fourth-order valence-electron chi connectivity index (χ4n) is 0.793. The van der Waals surface area contributed by atoms with Gasteiger partial charge in [0.1, 0.15) is 0 Å². The lowest BCUT2D eigenvalue weighted by atomic mass is 10.1. The van der Waals surface area contributed by atoms with E-state index in [2.05, 4.69) is 24.5 Å². The Morgan fingerprint density at radius 1 is 1.75 bits per heavy atom. The van der Waals surface area contributed by atoms with Crippen molar-refractivity contribution in [1.29, 1.82) is 0 Å². The van der Waals surface area contributed by atoms with Crippen LogP contribution >= 0.6 is 12.6 Å². The van der Waals surface area contributed by atoms with Crippen molar-refractivity contribution in [3.05, 3.63) is 12.3 Å². The number of piperidine rings is 1. The summed E-state index contributed by atoms with van der Waals surface area (Å²) in [5, 5.41) is 3.70. The van der Waals surface area contributed by atoms with Gasteiger partial charge in [0.25, 0.3) is 0 Å². The molecule has 1 atom stereocenters. The molecule has 0 radical (unpaired) electrons. The first-order chi connectivity index (χ1) is 3.79. The van der Waals surface area contributed by atoms with Crippen molar-refractivity contribution in [2.75, 3.05) is 6.54 Å². The van der Waals surface area contributed by atoms with Gasteiger partial charge in [0.2, 0.25) is 0 Å². The van der Waals surface area contributed by atoms with Crippen molar-refractivity contribution in [2.45, 2.75) is 18.1 Å². The highest BCUT2D eigenvalue weighted by Gasteiger charge is 2.08. The molecule has 0 aliphatic carbocycles. The summed E-state index contributed by atoms with van der Waals surface area (Å²) in [4.78, 5) is 0. The van der Waals surface area contributed by atoms with E-state index in [1.165, 1.54) is 6.42 Å². The second kappa shape index (κ2) is 2.44. The predicted molar refractivity (Wildman–Crippen MR) is 39.2 cm³/mol. The van der Waals surface area contributed by atoms with E-state index in [-0.39, 0.29) is 0 Å². The third kappa shape index (κ3) is 1.44. The van der Waals surface area contributed by atoms with Gasteiger partial charge in [0.05, 0.1) is 0 Å². The Kier molecular flexibility index (Phi) is 1.84. The first-order valence-electron chi connectivity index (χ1n) is 2.89. The molecular formula is C6H11NS. The molecule has 8 heavy (non-hydrogen) atoms. The minimum absolute atomic E-state index is 0.542. The van der Waals surface area contributed by atoms with Gasteiger partial charge in [-0.3, -0.25) is 0 Å². The van der Waals surface area contributed by atoms with E-state index in [4.69, 9.17) is 0 Å². The average molecular weight is 129 g/mol. The summed E-state index contributed by atoms with van der Waals surface area (Å²) in [5.41, 5.74) is 1.16. The van der Waals surface area contributed by atoms with Gasteiger partial charge in [-0.1, -0.05) is 6.58 Å². The van der Waals surface area contributed by atoms with Crippen LogP contribution in [0.5, 0.6) is 0 Å². The van der Waals surface area contributed by atoms with E-state index in [1.807, 2.05) is 0 Å². The van der Waals surface area contributed by atoms with E-state index < -0.39 is 0 Å². The largest absolute Gasteiger partial charge is 0.388 e. The molecule has 2 heteroatoms. The van der Waals surface area contributed by atoms with Crippen LogP contribution in [-0.4, -0.2) is 11.8 Å². The Morgan fingerprint density at radius 3 is 2.88 bits per heavy atom. The Bertz CT molecular complexity index is 90.7. The average Bonchev–Trinajstić information content (AvgIpc) is 1.77. The molecule has 0 aromatic carbocycles. The Balaban J connectivity index is 2.29. The van der Waals surface area contributed by atoms with Crippen molar-refractivity contribution < 1.29 is 0 Å². The number of hydrogen-bond acceptors (Lipinski definition) is 2. The molecule has 1 unspecified atom stereocenters. The minimum atomic E-state index is 0.542. The molecule has 0 amide bonds.